The molecule has 0 aliphatic rings. The molecule has 1 aromatic heterocycles. The average Bonchev–Trinajstić information content (AvgIpc) is 2.46. The molecule has 0 radical (unpaired) electrons. The van der Waals surface area contributed by atoms with E-state index < -0.39 is 5.97 Å². The number of rotatable bonds is 5. The Bertz CT molecular complexity index is 634. The quantitative estimate of drug-likeness (QED) is 0.902. The summed E-state index contributed by atoms with van der Waals surface area (Å²) >= 11 is 3.35. The minimum absolute atomic E-state index is 0.00310. The number of methoxy groups -OCH3 is 1. The average molecular weight is 339 g/mol. The van der Waals surface area contributed by atoms with Gasteiger partial charge in [-0.2, -0.15) is 0 Å². The zero-order chi connectivity index (χ0) is 14.5. The van der Waals surface area contributed by atoms with Gasteiger partial charge in [-0.1, -0.05) is 6.07 Å². The summed E-state index contributed by atoms with van der Waals surface area (Å²) in [5, 5.41) is 9.05. The van der Waals surface area contributed by atoms with Crippen LogP contribution in [0.15, 0.2) is 35.2 Å². The molecule has 0 aliphatic carbocycles. The number of nitrogens with zero attached hydrogens (tertiary/aromatic N) is 2. The second kappa shape index (κ2) is 6.33. The van der Waals surface area contributed by atoms with E-state index in [-0.39, 0.29) is 12.2 Å². The number of aromatic nitrogens is 2. The van der Waals surface area contributed by atoms with Gasteiger partial charge in [-0.15, -0.1) is 0 Å². The highest BCUT2D eigenvalue weighted by atomic mass is 79.9. The van der Waals surface area contributed by atoms with Crippen molar-refractivity contribution in [3.05, 3.63) is 46.5 Å². The van der Waals surface area contributed by atoms with Crippen molar-refractivity contribution in [2.24, 2.45) is 0 Å². The predicted molar refractivity (Wildman–Crippen MR) is 74.0 cm³/mol. The Hall–Kier alpha value is -2.15. The first-order chi connectivity index (χ1) is 9.63. The molecule has 0 saturated heterocycles. The lowest BCUT2D eigenvalue weighted by Gasteiger charge is -2.12. The maximum atomic E-state index is 11.1. The van der Waals surface area contributed by atoms with Crippen molar-refractivity contribution in [1.82, 2.24) is 9.97 Å². The maximum Gasteiger partial charge on any atom is 0.339 e. The molecular weight excluding hydrogens is 328 g/mol. The lowest BCUT2D eigenvalue weighted by molar-refractivity contribution is 0.0692. The highest BCUT2D eigenvalue weighted by molar-refractivity contribution is 9.10. The Morgan fingerprint density at radius 2 is 2.25 bits per heavy atom. The van der Waals surface area contributed by atoms with Gasteiger partial charge in [0.1, 0.15) is 18.5 Å². The molecule has 0 bridgehead atoms. The van der Waals surface area contributed by atoms with Gasteiger partial charge in [-0.05, 0) is 28.1 Å². The van der Waals surface area contributed by atoms with Gasteiger partial charge >= 0.3 is 5.97 Å². The first kappa shape index (κ1) is 14.3. The zero-order valence-electron chi connectivity index (χ0n) is 10.5. The Morgan fingerprint density at radius 1 is 1.45 bits per heavy atom. The zero-order valence-corrected chi connectivity index (χ0v) is 12.1. The lowest BCUT2D eigenvalue weighted by Crippen LogP contribution is -2.09. The molecule has 104 valence electrons. The molecule has 0 saturated carbocycles. The van der Waals surface area contributed by atoms with Gasteiger partial charge in [0.15, 0.2) is 11.5 Å². The Labute approximate surface area is 123 Å². The SMILES string of the molecule is COc1cccc(Br)c1OCc1ncncc1C(=O)O. The molecule has 0 amide bonds. The van der Waals surface area contributed by atoms with Crippen LogP contribution in [0.5, 0.6) is 11.5 Å². The summed E-state index contributed by atoms with van der Waals surface area (Å²) in [6, 6.07) is 5.36. The van der Waals surface area contributed by atoms with Crippen LogP contribution in [0.25, 0.3) is 0 Å². The van der Waals surface area contributed by atoms with E-state index >= 15 is 0 Å². The Balaban J connectivity index is 2.24. The molecule has 0 fully saturated rings. The van der Waals surface area contributed by atoms with Crippen LogP contribution < -0.4 is 9.47 Å². The van der Waals surface area contributed by atoms with E-state index in [1.807, 2.05) is 6.07 Å². The smallest absolute Gasteiger partial charge is 0.339 e. The van der Waals surface area contributed by atoms with Gasteiger partial charge in [0.05, 0.1) is 17.3 Å². The van der Waals surface area contributed by atoms with Crippen molar-refractivity contribution in [3.8, 4) is 11.5 Å². The molecule has 20 heavy (non-hydrogen) atoms. The van der Waals surface area contributed by atoms with Crippen LogP contribution in [0.1, 0.15) is 16.1 Å². The number of carboxylic acid groups (broad SMARTS) is 1. The van der Waals surface area contributed by atoms with E-state index in [1.54, 1.807) is 12.1 Å². The number of benzene rings is 1. The lowest BCUT2D eigenvalue weighted by atomic mass is 10.2. The Morgan fingerprint density at radius 3 is 2.95 bits per heavy atom. The third kappa shape index (κ3) is 3.05. The number of para-hydroxylation sites is 1. The summed E-state index contributed by atoms with van der Waals surface area (Å²) in [6.45, 7) is 0.00310. The van der Waals surface area contributed by atoms with Gasteiger partial charge in [0, 0.05) is 6.20 Å². The van der Waals surface area contributed by atoms with E-state index in [0.29, 0.717) is 21.7 Å². The highest BCUT2D eigenvalue weighted by Gasteiger charge is 2.14. The van der Waals surface area contributed by atoms with E-state index in [2.05, 4.69) is 25.9 Å². The summed E-state index contributed by atoms with van der Waals surface area (Å²) in [7, 11) is 1.53. The molecule has 1 N–H and O–H groups in total. The van der Waals surface area contributed by atoms with Gasteiger partial charge in [-0.3, -0.25) is 0 Å². The fourth-order valence-electron chi connectivity index (χ4n) is 1.58. The Kier molecular flexibility index (Phi) is 4.52. The van der Waals surface area contributed by atoms with Crippen LogP contribution in [0.3, 0.4) is 0 Å². The molecular formula is C13H11BrN2O4. The molecule has 2 rings (SSSR count). The minimum Gasteiger partial charge on any atom is -0.493 e. The number of carboxylic acids is 1. The summed E-state index contributed by atoms with van der Waals surface area (Å²) in [4.78, 5) is 18.7. The summed E-state index contributed by atoms with van der Waals surface area (Å²) in [5.74, 6) is -0.0569. The summed E-state index contributed by atoms with van der Waals surface area (Å²) < 4.78 is 11.5. The van der Waals surface area contributed by atoms with Crippen molar-refractivity contribution in [2.75, 3.05) is 7.11 Å². The van der Waals surface area contributed by atoms with E-state index in [1.165, 1.54) is 19.6 Å². The van der Waals surface area contributed by atoms with Gasteiger partial charge in [0.25, 0.3) is 0 Å². The monoisotopic (exact) mass is 338 g/mol. The number of hydrogen-bond acceptors (Lipinski definition) is 5. The minimum atomic E-state index is -1.09. The molecule has 0 unspecified atom stereocenters. The molecule has 1 aromatic carbocycles. The first-order valence-electron chi connectivity index (χ1n) is 5.61. The van der Waals surface area contributed by atoms with E-state index in [0.717, 1.165) is 0 Å². The van der Waals surface area contributed by atoms with Gasteiger partial charge < -0.3 is 14.6 Å². The van der Waals surface area contributed by atoms with Crippen LogP contribution >= 0.6 is 15.9 Å². The van der Waals surface area contributed by atoms with Crippen molar-refractivity contribution >= 4 is 21.9 Å². The van der Waals surface area contributed by atoms with Gasteiger partial charge in [-0.25, -0.2) is 14.8 Å². The third-order valence-electron chi connectivity index (χ3n) is 2.53. The van der Waals surface area contributed by atoms with Crippen LogP contribution in [0, 0.1) is 0 Å². The van der Waals surface area contributed by atoms with Crippen molar-refractivity contribution in [1.29, 1.82) is 0 Å². The molecule has 7 heteroatoms. The molecule has 0 aliphatic heterocycles. The number of carbonyl (C=O) groups is 1. The third-order valence-corrected chi connectivity index (χ3v) is 3.15. The topological polar surface area (TPSA) is 81.5 Å². The van der Waals surface area contributed by atoms with Crippen molar-refractivity contribution in [2.45, 2.75) is 6.61 Å². The molecule has 1 heterocycles. The van der Waals surface area contributed by atoms with E-state index in [9.17, 15) is 4.79 Å². The number of hydrogen-bond donors (Lipinski definition) is 1. The molecule has 2 aromatic rings. The second-order valence-electron chi connectivity index (χ2n) is 3.75. The second-order valence-corrected chi connectivity index (χ2v) is 4.60. The fourth-order valence-corrected chi connectivity index (χ4v) is 2.04. The van der Waals surface area contributed by atoms with Crippen molar-refractivity contribution < 1.29 is 19.4 Å². The van der Waals surface area contributed by atoms with Gasteiger partial charge in [0.2, 0.25) is 0 Å². The van der Waals surface area contributed by atoms with Crippen molar-refractivity contribution in [3.63, 3.8) is 0 Å². The first-order valence-corrected chi connectivity index (χ1v) is 6.40. The molecule has 0 atom stereocenters. The van der Waals surface area contributed by atoms with Crippen LogP contribution in [0.4, 0.5) is 0 Å². The number of ether oxygens (including phenoxy) is 2. The highest BCUT2D eigenvalue weighted by Crippen LogP contribution is 2.35. The number of halogens is 1. The largest absolute Gasteiger partial charge is 0.493 e. The van der Waals surface area contributed by atoms with Crippen LogP contribution in [-0.4, -0.2) is 28.2 Å². The summed E-state index contributed by atoms with van der Waals surface area (Å²) in [5.41, 5.74) is 0.309. The summed E-state index contributed by atoms with van der Waals surface area (Å²) in [6.07, 6.45) is 2.52. The molecule has 6 nitrogen and oxygen atoms in total. The van der Waals surface area contributed by atoms with E-state index in [4.69, 9.17) is 14.6 Å². The molecule has 0 spiro atoms. The normalized spacial score (nSPS) is 10.1. The van der Waals surface area contributed by atoms with Crippen LogP contribution in [0.2, 0.25) is 0 Å². The fraction of sp³-hybridized carbons (Fsp3) is 0.154. The standard InChI is InChI=1S/C13H11BrN2O4/c1-19-11-4-2-3-9(14)12(11)20-6-10-8(13(17)18)5-15-7-16-10/h2-5,7H,6H2,1H3,(H,17,18). The maximum absolute atomic E-state index is 11.1. The van der Waals surface area contributed by atoms with Crippen LogP contribution in [-0.2, 0) is 6.61 Å². The predicted octanol–water partition coefficient (Wildman–Crippen LogP) is 2.52. The number of aromatic carboxylic acids is 1.